The van der Waals surface area contributed by atoms with Crippen LogP contribution in [0.1, 0.15) is 43.0 Å². The molecule has 2 aromatic rings. The second-order valence-corrected chi connectivity index (χ2v) is 11.6. The normalized spacial score (nSPS) is 18.3. The Bertz CT molecular complexity index is 1210. The molecular weight excluding hydrogens is 533 g/mol. The minimum atomic E-state index is -4.51. The summed E-state index contributed by atoms with van der Waals surface area (Å²) >= 11 is 1.40. The van der Waals surface area contributed by atoms with Crippen LogP contribution in [-0.4, -0.2) is 56.7 Å². The molecule has 1 aliphatic heterocycles. The molecule has 1 aliphatic rings. The number of hydrogen-bond donors (Lipinski definition) is 4. The number of thioether (sulfide) groups is 1. The summed E-state index contributed by atoms with van der Waals surface area (Å²) in [5.41, 5.74) is 1.37. The van der Waals surface area contributed by atoms with E-state index < -0.39 is 46.6 Å². The van der Waals surface area contributed by atoms with Crippen molar-refractivity contribution >= 4 is 29.6 Å². The second kappa shape index (κ2) is 12.3. The van der Waals surface area contributed by atoms with Gasteiger partial charge >= 0.3 is 12.2 Å². The molecule has 1 saturated heterocycles. The van der Waals surface area contributed by atoms with Crippen molar-refractivity contribution in [1.82, 2.24) is 20.9 Å². The number of nitrogens with zero attached hydrogens (tertiary/aromatic N) is 1. The predicted molar refractivity (Wildman–Crippen MR) is 142 cm³/mol. The Kier molecular flexibility index (Phi) is 9.55. The van der Waals surface area contributed by atoms with Gasteiger partial charge in [0, 0.05) is 17.8 Å². The van der Waals surface area contributed by atoms with E-state index in [1.165, 1.54) is 35.7 Å². The average molecular weight is 567 g/mol. The zero-order valence-corrected chi connectivity index (χ0v) is 22.9. The van der Waals surface area contributed by atoms with E-state index in [9.17, 15) is 32.7 Å². The fourth-order valence-corrected chi connectivity index (χ4v) is 5.40. The average Bonchev–Trinajstić information content (AvgIpc) is 3.20. The van der Waals surface area contributed by atoms with E-state index in [2.05, 4.69) is 16.0 Å². The standard InChI is InChI=1S/C27H33F3N4O4S/c1-16-8-5-6-10-19(16)14-31-23(36)22-26(3,4)39-15-34(22)24(37)21(35)17(2)33-25(38)32-13-18-9-7-11-20(12-18)27(28,29)30/h5-12,17,21-22,35H,13-15H2,1-4H3,(H,31,36)(H2,32,33,38)/t17-,21-,22+/m0/s1. The highest BCUT2D eigenvalue weighted by atomic mass is 32.2. The van der Waals surface area contributed by atoms with Crippen LogP contribution in [0, 0.1) is 6.92 Å². The smallest absolute Gasteiger partial charge is 0.381 e. The summed E-state index contributed by atoms with van der Waals surface area (Å²) in [7, 11) is 0. The number of aliphatic hydroxyl groups is 1. The largest absolute Gasteiger partial charge is 0.416 e. The third-order valence-electron chi connectivity index (χ3n) is 6.58. The van der Waals surface area contributed by atoms with Gasteiger partial charge < -0.3 is 26.0 Å². The first kappa shape index (κ1) is 30.3. The van der Waals surface area contributed by atoms with Crippen LogP contribution in [0.15, 0.2) is 48.5 Å². The van der Waals surface area contributed by atoms with E-state index in [0.717, 1.165) is 23.3 Å². The molecule has 4 amide bonds. The summed E-state index contributed by atoms with van der Waals surface area (Å²) in [4.78, 5) is 40.0. The van der Waals surface area contributed by atoms with Crippen LogP contribution >= 0.6 is 11.8 Å². The molecular formula is C27H33F3N4O4S. The maximum absolute atomic E-state index is 13.2. The van der Waals surface area contributed by atoms with Crippen molar-refractivity contribution in [2.24, 2.45) is 0 Å². The van der Waals surface area contributed by atoms with Crippen molar-refractivity contribution in [2.45, 2.75) is 69.9 Å². The Balaban J connectivity index is 1.58. The van der Waals surface area contributed by atoms with Crippen LogP contribution in [0.2, 0.25) is 0 Å². The lowest BCUT2D eigenvalue weighted by atomic mass is 9.99. The molecule has 0 saturated carbocycles. The molecule has 8 nitrogen and oxygen atoms in total. The Morgan fingerprint density at radius 3 is 2.46 bits per heavy atom. The molecule has 4 N–H and O–H groups in total. The number of carbonyl (C=O) groups is 3. The van der Waals surface area contributed by atoms with Crippen LogP contribution in [0.4, 0.5) is 18.0 Å². The minimum Gasteiger partial charge on any atom is -0.381 e. The number of hydrogen-bond acceptors (Lipinski definition) is 5. The van der Waals surface area contributed by atoms with Crippen LogP contribution in [0.25, 0.3) is 0 Å². The van der Waals surface area contributed by atoms with Crippen molar-refractivity contribution in [1.29, 1.82) is 0 Å². The number of rotatable bonds is 8. The number of alkyl halides is 3. The first-order valence-electron chi connectivity index (χ1n) is 12.4. The van der Waals surface area contributed by atoms with Crippen molar-refractivity contribution in [2.75, 3.05) is 5.88 Å². The molecule has 2 aromatic carbocycles. The van der Waals surface area contributed by atoms with E-state index >= 15 is 0 Å². The molecule has 212 valence electrons. The summed E-state index contributed by atoms with van der Waals surface area (Å²) in [5, 5.41) is 18.5. The third-order valence-corrected chi connectivity index (χ3v) is 7.96. The Morgan fingerprint density at radius 2 is 1.79 bits per heavy atom. The van der Waals surface area contributed by atoms with Gasteiger partial charge in [0.1, 0.15) is 6.04 Å². The number of nitrogens with one attached hydrogen (secondary N) is 3. The molecule has 1 fully saturated rings. The monoisotopic (exact) mass is 566 g/mol. The molecule has 0 unspecified atom stereocenters. The molecule has 12 heteroatoms. The lowest BCUT2D eigenvalue weighted by Crippen LogP contribution is -2.58. The number of amides is 4. The highest BCUT2D eigenvalue weighted by molar-refractivity contribution is 8.00. The van der Waals surface area contributed by atoms with Gasteiger partial charge in [-0.1, -0.05) is 36.4 Å². The quantitative estimate of drug-likeness (QED) is 0.391. The van der Waals surface area contributed by atoms with Gasteiger partial charge in [-0.05, 0) is 56.5 Å². The van der Waals surface area contributed by atoms with Gasteiger partial charge in [-0.25, -0.2) is 4.79 Å². The molecule has 0 radical (unpaired) electrons. The number of aliphatic hydroxyl groups excluding tert-OH is 1. The third kappa shape index (κ3) is 7.66. The van der Waals surface area contributed by atoms with Crippen LogP contribution in [0.5, 0.6) is 0 Å². The van der Waals surface area contributed by atoms with Crippen molar-refractivity contribution in [3.8, 4) is 0 Å². The lowest BCUT2D eigenvalue weighted by Gasteiger charge is -2.32. The van der Waals surface area contributed by atoms with Gasteiger partial charge in [-0.2, -0.15) is 13.2 Å². The van der Waals surface area contributed by atoms with E-state index in [1.54, 1.807) is 0 Å². The predicted octanol–water partition coefficient (Wildman–Crippen LogP) is 3.56. The van der Waals surface area contributed by atoms with Gasteiger partial charge in [0.2, 0.25) is 5.91 Å². The minimum absolute atomic E-state index is 0.180. The number of aryl methyl sites for hydroxylation is 1. The molecule has 3 rings (SSSR count). The van der Waals surface area contributed by atoms with Gasteiger partial charge in [0.05, 0.1) is 17.5 Å². The first-order chi connectivity index (χ1) is 18.2. The SMILES string of the molecule is Cc1ccccc1CNC(=O)[C@H]1N(C(=O)[C@@H](O)[C@H](C)NC(=O)NCc2cccc(C(F)(F)F)c2)CSC1(C)C. The van der Waals surface area contributed by atoms with Crippen LogP contribution < -0.4 is 16.0 Å². The summed E-state index contributed by atoms with van der Waals surface area (Å²) in [6.45, 7) is 7.15. The van der Waals surface area contributed by atoms with E-state index in [-0.39, 0.29) is 30.4 Å². The molecule has 39 heavy (non-hydrogen) atoms. The topological polar surface area (TPSA) is 111 Å². The molecule has 3 atom stereocenters. The van der Waals surface area contributed by atoms with Gasteiger partial charge in [-0.3, -0.25) is 9.59 Å². The maximum atomic E-state index is 13.2. The highest BCUT2D eigenvalue weighted by Gasteiger charge is 2.49. The highest BCUT2D eigenvalue weighted by Crippen LogP contribution is 2.39. The zero-order chi connectivity index (χ0) is 29.0. The van der Waals surface area contributed by atoms with Crippen LogP contribution in [-0.2, 0) is 28.9 Å². The molecule has 0 aliphatic carbocycles. The summed E-state index contributed by atoms with van der Waals surface area (Å²) in [5.74, 6) is -0.886. The number of urea groups is 1. The Morgan fingerprint density at radius 1 is 1.10 bits per heavy atom. The van der Waals surface area contributed by atoms with E-state index in [1.807, 2.05) is 45.0 Å². The van der Waals surface area contributed by atoms with Gasteiger partial charge in [-0.15, -0.1) is 11.8 Å². The lowest BCUT2D eigenvalue weighted by molar-refractivity contribution is -0.147. The van der Waals surface area contributed by atoms with Gasteiger partial charge in [0.25, 0.3) is 5.91 Å². The van der Waals surface area contributed by atoms with E-state index in [0.29, 0.717) is 0 Å². The fourth-order valence-electron chi connectivity index (χ4n) is 4.26. The molecule has 1 heterocycles. The second-order valence-electron chi connectivity index (χ2n) is 9.99. The first-order valence-corrected chi connectivity index (χ1v) is 13.3. The summed E-state index contributed by atoms with van der Waals surface area (Å²) in [6.07, 6.45) is -6.15. The van der Waals surface area contributed by atoms with Crippen molar-refractivity contribution in [3.63, 3.8) is 0 Å². The Hall–Kier alpha value is -3.25. The number of halogens is 3. The zero-order valence-electron chi connectivity index (χ0n) is 22.1. The number of carbonyl (C=O) groups excluding carboxylic acids is 3. The Labute approximate surface area is 229 Å². The van der Waals surface area contributed by atoms with Crippen molar-refractivity contribution in [3.05, 3.63) is 70.8 Å². The van der Waals surface area contributed by atoms with E-state index in [4.69, 9.17) is 0 Å². The summed E-state index contributed by atoms with van der Waals surface area (Å²) < 4.78 is 38.1. The number of benzene rings is 2. The molecule has 0 spiro atoms. The van der Waals surface area contributed by atoms with Gasteiger partial charge in [0.15, 0.2) is 6.10 Å². The molecule has 0 bridgehead atoms. The maximum Gasteiger partial charge on any atom is 0.416 e. The summed E-state index contributed by atoms with van der Waals surface area (Å²) in [6, 6.07) is 9.51. The fraction of sp³-hybridized carbons (Fsp3) is 0.444. The van der Waals surface area contributed by atoms with Crippen molar-refractivity contribution < 1.29 is 32.7 Å². The molecule has 0 aromatic heterocycles. The van der Waals surface area contributed by atoms with Crippen LogP contribution in [0.3, 0.4) is 0 Å².